The lowest BCUT2D eigenvalue weighted by molar-refractivity contribution is 0.285. The summed E-state index contributed by atoms with van der Waals surface area (Å²) in [5, 5.41) is 8.95. The summed E-state index contributed by atoms with van der Waals surface area (Å²) in [6.07, 6.45) is 13.1. The molecule has 0 saturated heterocycles. The molecule has 0 aliphatic carbocycles. The molecule has 3 aromatic rings. The van der Waals surface area contributed by atoms with Crippen LogP contribution in [0.3, 0.4) is 0 Å². The SMILES string of the molecule is CCCCCCOc1ccc(C=Cc2ccccc2C=Cc2ccc(C#N)cc2)cc1OC. The van der Waals surface area contributed by atoms with Crippen molar-refractivity contribution < 1.29 is 9.47 Å². The zero-order valence-electron chi connectivity index (χ0n) is 19.5. The highest BCUT2D eigenvalue weighted by molar-refractivity contribution is 5.79. The number of rotatable bonds is 11. The smallest absolute Gasteiger partial charge is 0.161 e. The highest BCUT2D eigenvalue weighted by Gasteiger charge is 2.05. The number of hydrogen-bond donors (Lipinski definition) is 0. The van der Waals surface area contributed by atoms with Crippen LogP contribution >= 0.6 is 0 Å². The maximum atomic E-state index is 8.95. The topological polar surface area (TPSA) is 42.2 Å². The van der Waals surface area contributed by atoms with Crippen LogP contribution in [0.15, 0.2) is 66.7 Å². The summed E-state index contributed by atoms with van der Waals surface area (Å²) in [6.45, 7) is 2.92. The van der Waals surface area contributed by atoms with Crippen molar-refractivity contribution in [2.45, 2.75) is 32.6 Å². The molecule has 3 rings (SSSR count). The fourth-order valence-corrected chi connectivity index (χ4v) is 3.47. The number of nitrogens with zero attached hydrogens (tertiary/aromatic N) is 1. The van der Waals surface area contributed by atoms with Crippen LogP contribution in [0.25, 0.3) is 24.3 Å². The van der Waals surface area contributed by atoms with Gasteiger partial charge in [0.25, 0.3) is 0 Å². The Labute approximate surface area is 197 Å². The first-order valence-corrected chi connectivity index (χ1v) is 11.5. The van der Waals surface area contributed by atoms with Gasteiger partial charge in [-0.3, -0.25) is 0 Å². The molecule has 0 atom stereocenters. The lowest BCUT2D eigenvalue weighted by atomic mass is 10.0. The van der Waals surface area contributed by atoms with Crippen LogP contribution in [0.1, 0.15) is 60.4 Å². The number of nitriles is 1. The van der Waals surface area contributed by atoms with Crippen LogP contribution in [0, 0.1) is 11.3 Å². The number of methoxy groups -OCH3 is 1. The van der Waals surface area contributed by atoms with Gasteiger partial charge >= 0.3 is 0 Å². The second-order valence-electron chi connectivity index (χ2n) is 7.85. The molecule has 3 heteroatoms. The Morgan fingerprint density at radius 3 is 2.06 bits per heavy atom. The number of benzene rings is 3. The summed E-state index contributed by atoms with van der Waals surface area (Å²) in [7, 11) is 1.68. The van der Waals surface area contributed by atoms with E-state index in [9.17, 15) is 0 Å². The molecule has 0 fully saturated rings. The number of ether oxygens (including phenoxy) is 2. The Morgan fingerprint density at radius 2 is 1.42 bits per heavy atom. The van der Waals surface area contributed by atoms with Crippen LogP contribution in [0.5, 0.6) is 11.5 Å². The van der Waals surface area contributed by atoms with Crippen molar-refractivity contribution >= 4 is 24.3 Å². The molecule has 0 aliphatic rings. The third-order valence-corrected chi connectivity index (χ3v) is 5.39. The maximum absolute atomic E-state index is 8.95. The molecule has 0 heterocycles. The third kappa shape index (κ3) is 7.40. The van der Waals surface area contributed by atoms with E-state index < -0.39 is 0 Å². The van der Waals surface area contributed by atoms with Crippen LogP contribution in [-0.4, -0.2) is 13.7 Å². The van der Waals surface area contributed by atoms with Crippen molar-refractivity contribution in [3.05, 3.63) is 94.5 Å². The summed E-state index contributed by atoms with van der Waals surface area (Å²) < 4.78 is 11.5. The molecule has 33 heavy (non-hydrogen) atoms. The number of unbranched alkanes of at least 4 members (excludes halogenated alkanes) is 3. The van der Waals surface area contributed by atoms with Gasteiger partial charge in [-0.05, 0) is 52.9 Å². The van der Waals surface area contributed by atoms with Crippen molar-refractivity contribution in [1.82, 2.24) is 0 Å². The van der Waals surface area contributed by atoms with E-state index in [-0.39, 0.29) is 0 Å². The predicted molar refractivity (Wildman–Crippen MR) is 138 cm³/mol. The summed E-state index contributed by atoms with van der Waals surface area (Å²) in [6, 6.07) is 24.0. The monoisotopic (exact) mass is 437 g/mol. The fourth-order valence-electron chi connectivity index (χ4n) is 3.47. The Bertz CT molecular complexity index is 1120. The van der Waals surface area contributed by atoms with Crippen molar-refractivity contribution in [2.24, 2.45) is 0 Å². The average molecular weight is 438 g/mol. The molecular formula is C30H31NO2. The zero-order chi connectivity index (χ0) is 23.3. The van der Waals surface area contributed by atoms with Gasteiger partial charge in [-0.2, -0.15) is 5.26 Å². The molecular weight excluding hydrogens is 406 g/mol. The highest BCUT2D eigenvalue weighted by atomic mass is 16.5. The molecule has 3 aromatic carbocycles. The predicted octanol–water partition coefficient (Wildman–Crippen LogP) is 7.87. The van der Waals surface area contributed by atoms with Gasteiger partial charge in [0.05, 0.1) is 25.3 Å². The Kier molecular flexibility index (Phi) is 9.36. The molecule has 0 amide bonds. The van der Waals surface area contributed by atoms with Gasteiger partial charge in [0.15, 0.2) is 11.5 Å². The van der Waals surface area contributed by atoms with Crippen molar-refractivity contribution in [1.29, 1.82) is 5.26 Å². The van der Waals surface area contributed by atoms with Crippen molar-refractivity contribution in [2.75, 3.05) is 13.7 Å². The van der Waals surface area contributed by atoms with Crippen molar-refractivity contribution in [3.8, 4) is 17.6 Å². The second-order valence-corrected chi connectivity index (χ2v) is 7.85. The van der Waals surface area contributed by atoms with E-state index in [0.717, 1.165) is 40.2 Å². The standard InChI is InChI=1S/C30H31NO2/c1-3-4-5-8-21-33-29-20-17-25(22-30(29)32-2)16-19-28-10-7-6-9-27(28)18-15-24-11-13-26(23-31)14-12-24/h6-7,9-20,22H,3-5,8,21H2,1-2H3. The highest BCUT2D eigenvalue weighted by Crippen LogP contribution is 2.29. The van der Waals surface area contributed by atoms with E-state index in [0.29, 0.717) is 12.2 Å². The van der Waals surface area contributed by atoms with E-state index >= 15 is 0 Å². The lowest BCUT2D eigenvalue weighted by Gasteiger charge is -2.11. The molecule has 0 aliphatic heterocycles. The minimum absolute atomic E-state index is 0.666. The van der Waals surface area contributed by atoms with E-state index in [1.165, 1.54) is 19.3 Å². The van der Waals surface area contributed by atoms with Crippen LogP contribution in [0.2, 0.25) is 0 Å². The molecule has 0 bridgehead atoms. The molecule has 168 valence electrons. The normalized spacial score (nSPS) is 11.1. The average Bonchev–Trinajstić information content (AvgIpc) is 2.87. The number of hydrogen-bond acceptors (Lipinski definition) is 3. The summed E-state index contributed by atoms with van der Waals surface area (Å²) in [4.78, 5) is 0. The van der Waals surface area contributed by atoms with Crippen LogP contribution < -0.4 is 9.47 Å². The summed E-state index contributed by atoms with van der Waals surface area (Å²) in [5.74, 6) is 1.54. The van der Waals surface area contributed by atoms with Gasteiger partial charge in [0.1, 0.15) is 0 Å². The quantitative estimate of drug-likeness (QED) is 0.226. The van der Waals surface area contributed by atoms with Gasteiger partial charge in [0.2, 0.25) is 0 Å². The fraction of sp³-hybridized carbons (Fsp3) is 0.233. The van der Waals surface area contributed by atoms with Crippen LogP contribution in [0.4, 0.5) is 0 Å². The molecule has 0 radical (unpaired) electrons. The van der Waals surface area contributed by atoms with Gasteiger partial charge in [-0.15, -0.1) is 0 Å². The van der Waals surface area contributed by atoms with E-state index in [4.69, 9.17) is 14.7 Å². The lowest BCUT2D eigenvalue weighted by Crippen LogP contribution is -1.99. The Hall–Kier alpha value is -3.77. The molecule has 0 N–H and O–H groups in total. The van der Waals surface area contributed by atoms with Gasteiger partial charge < -0.3 is 9.47 Å². The molecule has 0 spiro atoms. The van der Waals surface area contributed by atoms with E-state index in [1.807, 2.05) is 48.5 Å². The Morgan fingerprint density at radius 1 is 0.758 bits per heavy atom. The van der Waals surface area contributed by atoms with Gasteiger partial charge in [-0.25, -0.2) is 0 Å². The summed E-state index contributed by atoms with van der Waals surface area (Å²) in [5.41, 5.74) is 5.02. The molecule has 0 saturated carbocycles. The van der Waals surface area contributed by atoms with E-state index in [2.05, 4.69) is 55.5 Å². The molecule has 0 unspecified atom stereocenters. The molecule has 0 aromatic heterocycles. The third-order valence-electron chi connectivity index (χ3n) is 5.39. The second kappa shape index (κ2) is 12.9. The Balaban J connectivity index is 1.70. The van der Waals surface area contributed by atoms with E-state index in [1.54, 1.807) is 7.11 Å². The van der Waals surface area contributed by atoms with Gasteiger partial charge in [-0.1, -0.05) is 93.0 Å². The minimum Gasteiger partial charge on any atom is -0.493 e. The van der Waals surface area contributed by atoms with Crippen molar-refractivity contribution in [3.63, 3.8) is 0 Å². The molecule has 3 nitrogen and oxygen atoms in total. The largest absolute Gasteiger partial charge is 0.493 e. The zero-order valence-corrected chi connectivity index (χ0v) is 19.5. The maximum Gasteiger partial charge on any atom is 0.161 e. The first-order chi connectivity index (χ1) is 16.2. The van der Waals surface area contributed by atoms with Crippen LogP contribution in [-0.2, 0) is 0 Å². The first kappa shape index (κ1) is 23.9. The summed E-state index contributed by atoms with van der Waals surface area (Å²) >= 11 is 0. The van der Waals surface area contributed by atoms with Gasteiger partial charge in [0, 0.05) is 0 Å². The minimum atomic E-state index is 0.666. The first-order valence-electron chi connectivity index (χ1n) is 11.5.